The molecule has 196 valence electrons. The molecule has 0 spiro atoms. The molecule has 3 heterocycles. The van der Waals surface area contributed by atoms with Gasteiger partial charge in [-0.3, -0.25) is 0 Å². The van der Waals surface area contributed by atoms with Gasteiger partial charge in [0, 0.05) is 19.5 Å². The highest BCUT2D eigenvalue weighted by atomic mass is 35.5. The topological polar surface area (TPSA) is 84.8 Å². The largest absolute Gasteiger partial charge is 0.490 e. The minimum atomic E-state index is -4.48. The average molecular weight is 536 g/mol. The van der Waals surface area contributed by atoms with Crippen LogP contribution in [0.1, 0.15) is 35.8 Å². The zero-order valence-electron chi connectivity index (χ0n) is 20.0. The van der Waals surface area contributed by atoms with Crippen molar-refractivity contribution in [3.8, 4) is 17.4 Å². The lowest BCUT2D eigenvalue weighted by atomic mass is 9.88. The second kappa shape index (κ2) is 10.4. The van der Waals surface area contributed by atoms with Gasteiger partial charge < -0.3 is 23.6 Å². The zero-order chi connectivity index (χ0) is 26.2. The lowest BCUT2D eigenvalue weighted by Gasteiger charge is -2.33. The van der Waals surface area contributed by atoms with E-state index in [-0.39, 0.29) is 23.4 Å². The Bertz CT molecular complexity index is 1380. The van der Waals surface area contributed by atoms with Crippen molar-refractivity contribution in [2.24, 2.45) is 0 Å². The molecule has 1 aliphatic heterocycles. The first-order chi connectivity index (χ1) is 17.7. The summed E-state index contributed by atoms with van der Waals surface area (Å²) in [7, 11) is 0. The maximum absolute atomic E-state index is 13.2. The van der Waals surface area contributed by atoms with E-state index in [2.05, 4.69) is 15.1 Å². The van der Waals surface area contributed by atoms with Crippen molar-refractivity contribution in [3.05, 3.63) is 64.5 Å². The van der Waals surface area contributed by atoms with Gasteiger partial charge in [0.15, 0.2) is 5.76 Å². The van der Waals surface area contributed by atoms with E-state index in [1.807, 2.05) is 0 Å². The quantitative estimate of drug-likeness (QED) is 0.307. The fraction of sp³-hybridized carbons (Fsp3) is 0.385. The second-order valence-electron chi connectivity index (χ2n) is 9.18. The molecule has 11 heteroatoms. The standard InChI is InChI=1S/C26H25ClF3N3O4/c1-15-31-32-25(36-15)24-12-19-22(3-2-4-23(19)37-24)35-14-18(34)13-33-9-7-16(8-10-33)17-5-6-21(27)20(11-17)26(28,29)30/h2-6,11-12,16,18,34H,7-10,13-14H2,1H3. The van der Waals surface area contributed by atoms with Crippen LogP contribution in [0.5, 0.6) is 5.75 Å². The number of aromatic nitrogens is 2. The number of hydrogen-bond donors (Lipinski definition) is 1. The normalized spacial score (nSPS) is 16.4. The zero-order valence-corrected chi connectivity index (χ0v) is 20.7. The molecule has 0 amide bonds. The smallest absolute Gasteiger partial charge is 0.417 e. The Kier molecular flexibility index (Phi) is 7.15. The fourth-order valence-corrected chi connectivity index (χ4v) is 4.89. The summed E-state index contributed by atoms with van der Waals surface area (Å²) in [5, 5.41) is 18.8. The Morgan fingerprint density at radius 3 is 2.62 bits per heavy atom. The first-order valence-corrected chi connectivity index (χ1v) is 12.3. The number of fused-ring (bicyclic) bond motifs is 1. The lowest BCUT2D eigenvalue weighted by molar-refractivity contribution is -0.137. The summed E-state index contributed by atoms with van der Waals surface area (Å²) in [4.78, 5) is 2.10. The van der Waals surface area contributed by atoms with Crippen molar-refractivity contribution in [3.63, 3.8) is 0 Å². The van der Waals surface area contributed by atoms with E-state index in [4.69, 9.17) is 25.2 Å². The molecule has 37 heavy (non-hydrogen) atoms. The average Bonchev–Trinajstić information content (AvgIpc) is 3.49. The molecule has 0 radical (unpaired) electrons. The third-order valence-electron chi connectivity index (χ3n) is 6.51. The summed E-state index contributed by atoms with van der Waals surface area (Å²) in [6.07, 6.45) is -3.84. The van der Waals surface area contributed by atoms with Crippen LogP contribution in [0.3, 0.4) is 0 Å². The van der Waals surface area contributed by atoms with Crippen LogP contribution < -0.4 is 4.74 Å². The fourth-order valence-electron chi connectivity index (χ4n) is 4.66. The van der Waals surface area contributed by atoms with Gasteiger partial charge in [-0.05, 0) is 61.7 Å². The molecule has 4 aromatic rings. The van der Waals surface area contributed by atoms with E-state index in [0.29, 0.717) is 61.0 Å². The van der Waals surface area contributed by atoms with E-state index in [1.165, 1.54) is 6.07 Å². The van der Waals surface area contributed by atoms with E-state index >= 15 is 0 Å². The summed E-state index contributed by atoms with van der Waals surface area (Å²) < 4.78 is 56.8. The number of β-amino-alcohol motifs (C(OH)–C–C–N with tert-alkyl or cyclic N) is 1. The molecular formula is C26H25ClF3N3O4. The highest BCUT2D eigenvalue weighted by Crippen LogP contribution is 2.38. The first kappa shape index (κ1) is 25.6. The number of ether oxygens (including phenoxy) is 1. The minimum absolute atomic E-state index is 0.0125. The van der Waals surface area contributed by atoms with Gasteiger partial charge in [-0.1, -0.05) is 23.7 Å². The van der Waals surface area contributed by atoms with Crippen molar-refractivity contribution in [2.75, 3.05) is 26.2 Å². The van der Waals surface area contributed by atoms with Crippen LogP contribution in [0.2, 0.25) is 5.02 Å². The number of rotatable bonds is 7. The number of benzene rings is 2. The van der Waals surface area contributed by atoms with E-state index in [9.17, 15) is 18.3 Å². The molecule has 1 aliphatic rings. The number of nitrogens with zero attached hydrogens (tertiary/aromatic N) is 3. The van der Waals surface area contributed by atoms with Crippen LogP contribution in [0.4, 0.5) is 13.2 Å². The number of aryl methyl sites for hydroxylation is 1. The van der Waals surface area contributed by atoms with Crippen molar-refractivity contribution in [1.29, 1.82) is 0 Å². The van der Waals surface area contributed by atoms with Crippen LogP contribution in [-0.4, -0.2) is 52.5 Å². The van der Waals surface area contributed by atoms with Crippen molar-refractivity contribution in [1.82, 2.24) is 15.1 Å². The molecule has 1 N–H and O–H groups in total. The number of halogens is 4. The maximum Gasteiger partial charge on any atom is 0.417 e. The number of furan rings is 1. The Balaban J connectivity index is 1.16. The van der Waals surface area contributed by atoms with Crippen LogP contribution >= 0.6 is 11.6 Å². The van der Waals surface area contributed by atoms with Gasteiger partial charge >= 0.3 is 6.18 Å². The number of likely N-dealkylation sites (tertiary alicyclic amines) is 1. The van der Waals surface area contributed by atoms with Crippen molar-refractivity contribution in [2.45, 2.75) is 38.0 Å². The Morgan fingerprint density at radius 2 is 1.92 bits per heavy atom. The van der Waals surface area contributed by atoms with Gasteiger partial charge in [0.25, 0.3) is 5.89 Å². The van der Waals surface area contributed by atoms with Crippen LogP contribution in [0, 0.1) is 6.92 Å². The summed E-state index contributed by atoms with van der Waals surface area (Å²) in [6.45, 7) is 3.49. The molecule has 7 nitrogen and oxygen atoms in total. The third kappa shape index (κ3) is 5.76. The summed E-state index contributed by atoms with van der Waals surface area (Å²) in [5.41, 5.74) is 0.438. The molecular weight excluding hydrogens is 511 g/mol. The van der Waals surface area contributed by atoms with E-state index in [0.717, 1.165) is 11.5 Å². The predicted molar refractivity (Wildman–Crippen MR) is 131 cm³/mol. The molecule has 1 fully saturated rings. The first-order valence-electron chi connectivity index (χ1n) is 11.9. The molecule has 2 aromatic carbocycles. The summed E-state index contributed by atoms with van der Waals surface area (Å²) in [5.74, 6) is 1.70. The van der Waals surface area contributed by atoms with Gasteiger partial charge in [-0.15, -0.1) is 10.2 Å². The summed E-state index contributed by atoms with van der Waals surface area (Å²) >= 11 is 5.75. The Hall–Kier alpha value is -3.08. The monoisotopic (exact) mass is 535 g/mol. The van der Waals surface area contributed by atoms with Crippen LogP contribution in [0.25, 0.3) is 22.6 Å². The molecule has 1 atom stereocenters. The van der Waals surface area contributed by atoms with Gasteiger partial charge in [-0.2, -0.15) is 13.2 Å². The lowest BCUT2D eigenvalue weighted by Crippen LogP contribution is -2.40. The number of alkyl halides is 3. The molecule has 0 bridgehead atoms. The number of hydrogen-bond acceptors (Lipinski definition) is 7. The van der Waals surface area contributed by atoms with E-state index < -0.39 is 17.8 Å². The molecule has 5 rings (SSSR count). The SMILES string of the molecule is Cc1nnc(-c2cc3c(OCC(O)CN4CCC(c5ccc(Cl)c(C(F)(F)F)c5)CC4)cccc3o2)o1. The second-order valence-corrected chi connectivity index (χ2v) is 9.59. The van der Waals surface area contributed by atoms with Crippen LogP contribution in [0.15, 0.2) is 51.3 Å². The van der Waals surface area contributed by atoms with Gasteiger partial charge in [0.05, 0.1) is 16.0 Å². The molecule has 0 saturated carbocycles. The Labute approximate surface area is 215 Å². The maximum atomic E-state index is 13.2. The van der Waals surface area contributed by atoms with Gasteiger partial charge in [-0.25, -0.2) is 0 Å². The minimum Gasteiger partial charge on any atom is -0.490 e. The Morgan fingerprint density at radius 1 is 1.14 bits per heavy atom. The van der Waals surface area contributed by atoms with Crippen molar-refractivity contribution >= 4 is 22.6 Å². The molecule has 1 unspecified atom stereocenters. The number of aliphatic hydroxyl groups excluding tert-OH is 1. The molecule has 2 aromatic heterocycles. The molecule has 0 aliphatic carbocycles. The highest BCUT2D eigenvalue weighted by Gasteiger charge is 2.34. The van der Waals surface area contributed by atoms with Gasteiger partial charge in [0.1, 0.15) is 24.0 Å². The highest BCUT2D eigenvalue weighted by molar-refractivity contribution is 6.31. The number of piperidine rings is 1. The van der Waals surface area contributed by atoms with E-state index in [1.54, 1.807) is 37.3 Å². The van der Waals surface area contributed by atoms with Crippen LogP contribution in [-0.2, 0) is 6.18 Å². The number of aliphatic hydroxyl groups is 1. The summed E-state index contributed by atoms with van der Waals surface area (Å²) in [6, 6.07) is 11.3. The van der Waals surface area contributed by atoms with Gasteiger partial charge in [0.2, 0.25) is 5.89 Å². The predicted octanol–water partition coefficient (Wildman–Crippen LogP) is 6.08. The third-order valence-corrected chi connectivity index (χ3v) is 6.84. The molecule has 1 saturated heterocycles. The van der Waals surface area contributed by atoms with Crippen molar-refractivity contribution < 1.29 is 31.8 Å².